The molecule has 0 aliphatic carbocycles. The smallest absolute Gasteiger partial charge is 0.277 e. The first kappa shape index (κ1) is 18.9. The number of benzene rings is 1. The Labute approximate surface area is 168 Å². The fourth-order valence-electron chi connectivity index (χ4n) is 3.48. The van der Waals surface area contributed by atoms with Crippen LogP contribution in [-0.2, 0) is 6.54 Å². The number of nitrogens with one attached hydrogen (secondary N) is 1. The van der Waals surface area contributed by atoms with Crippen LogP contribution in [0.4, 0.5) is 0 Å². The first-order valence-corrected chi connectivity index (χ1v) is 9.68. The van der Waals surface area contributed by atoms with E-state index in [0.717, 1.165) is 16.6 Å². The molecule has 29 heavy (non-hydrogen) atoms. The first-order chi connectivity index (χ1) is 14.0. The van der Waals surface area contributed by atoms with E-state index in [1.807, 2.05) is 43.3 Å². The summed E-state index contributed by atoms with van der Waals surface area (Å²) >= 11 is 0. The molecule has 0 spiro atoms. The molecule has 4 aromatic rings. The fraction of sp³-hybridized carbons (Fsp3) is 0.273. The number of carbonyl (C=O) groups excluding carboxylic acids is 1. The molecule has 1 aromatic carbocycles. The lowest BCUT2D eigenvalue weighted by Gasteiger charge is -2.13. The third-order valence-electron chi connectivity index (χ3n) is 4.89. The second-order valence-corrected chi connectivity index (χ2v) is 7.61. The van der Waals surface area contributed by atoms with Gasteiger partial charge in [0.05, 0.1) is 17.1 Å². The van der Waals surface area contributed by atoms with Crippen molar-refractivity contribution in [3.05, 3.63) is 76.5 Å². The summed E-state index contributed by atoms with van der Waals surface area (Å²) in [5, 5.41) is 7.37. The standard InChI is InChI=1S/C22H23N5O2/c1-14(2)13-26-18-8-4-5-9-19(18)27-20(22(26)29)11-17(25-27)21(28)24-15(3)16-7-6-10-23-12-16/h4-12,14-15H,13H2,1-3H3,(H,24,28). The van der Waals surface area contributed by atoms with Gasteiger partial charge in [0.15, 0.2) is 5.69 Å². The van der Waals surface area contributed by atoms with E-state index in [-0.39, 0.29) is 23.2 Å². The van der Waals surface area contributed by atoms with Gasteiger partial charge in [0, 0.05) is 25.0 Å². The number of carbonyl (C=O) groups is 1. The summed E-state index contributed by atoms with van der Waals surface area (Å²) < 4.78 is 3.33. The first-order valence-electron chi connectivity index (χ1n) is 9.68. The zero-order valence-electron chi connectivity index (χ0n) is 16.7. The van der Waals surface area contributed by atoms with Crippen LogP contribution in [0, 0.1) is 5.92 Å². The van der Waals surface area contributed by atoms with Crippen molar-refractivity contribution in [1.29, 1.82) is 0 Å². The number of nitrogens with zero attached hydrogens (tertiary/aromatic N) is 4. The molecule has 4 rings (SSSR count). The highest BCUT2D eigenvalue weighted by Gasteiger charge is 2.19. The van der Waals surface area contributed by atoms with Gasteiger partial charge in [0.25, 0.3) is 11.5 Å². The van der Waals surface area contributed by atoms with E-state index < -0.39 is 0 Å². The maximum Gasteiger partial charge on any atom is 0.277 e. The Bertz CT molecular complexity index is 1240. The highest BCUT2D eigenvalue weighted by atomic mass is 16.2. The average Bonchev–Trinajstić information content (AvgIpc) is 3.17. The summed E-state index contributed by atoms with van der Waals surface area (Å²) in [5.41, 5.74) is 2.95. The Hall–Kier alpha value is -3.48. The number of fused-ring (bicyclic) bond motifs is 3. The van der Waals surface area contributed by atoms with Crippen molar-refractivity contribution in [3.8, 4) is 0 Å². The minimum absolute atomic E-state index is 0.149. The Morgan fingerprint density at radius 3 is 2.52 bits per heavy atom. The number of hydrogen-bond donors (Lipinski definition) is 1. The van der Waals surface area contributed by atoms with Gasteiger partial charge in [-0.25, -0.2) is 4.52 Å². The van der Waals surface area contributed by atoms with E-state index in [1.165, 1.54) is 0 Å². The van der Waals surface area contributed by atoms with Gasteiger partial charge in [0.2, 0.25) is 0 Å². The summed E-state index contributed by atoms with van der Waals surface area (Å²) in [7, 11) is 0. The van der Waals surface area contributed by atoms with Crippen molar-refractivity contribution in [1.82, 2.24) is 24.5 Å². The summed E-state index contributed by atoms with van der Waals surface area (Å²) in [6.45, 7) is 6.62. The van der Waals surface area contributed by atoms with Crippen LogP contribution >= 0.6 is 0 Å². The summed E-state index contributed by atoms with van der Waals surface area (Å²) in [6.07, 6.45) is 3.40. The third kappa shape index (κ3) is 3.51. The Morgan fingerprint density at radius 1 is 1.07 bits per heavy atom. The average molecular weight is 389 g/mol. The predicted molar refractivity (Wildman–Crippen MR) is 112 cm³/mol. The second-order valence-electron chi connectivity index (χ2n) is 7.61. The topological polar surface area (TPSA) is 81.3 Å². The van der Waals surface area contributed by atoms with E-state index in [4.69, 9.17) is 0 Å². The maximum absolute atomic E-state index is 13.1. The van der Waals surface area contributed by atoms with Gasteiger partial charge in [-0.15, -0.1) is 0 Å². The maximum atomic E-state index is 13.1. The normalized spacial score (nSPS) is 12.6. The summed E-state index contributed by atoms with van der Waals surface area (Å²) in [4.78, 5) is 30.0. The van der Waals surface area contributed by atoms with Gasteiger partial charge in [-0.05, 0) is 36.6 Å². The van der Waals surface area contributed by atoms with Crippen molar-refractivity contribution in [2.75, 3.05) is 0 Å². The minimum Gasteiger partial charge on any atom is -0.344 e. The van der Waals surface area contributed by atoms with Crippen molar-refractivity contribution >= 4 is 22.5 Å². The summed E-state index contributed by atoms with van der Waals surface area (Å²) in [5.74, 6) is -0.0199. The molecule has 7 nitrogen and oxygen atoms in total. The molecule has 0 saturated carbocycles. The van der Waals surface area contributed by atoms with Crippen LogP contribution in [0.15, 0.2) is 59.7 Å². The van der Waals surface area contributed by atoms with Crippen molar-refractivity contribution < 1.29 is 4.79 Å². The summed E-state index contributed by atoms with van der Waals surface area (Å²) in [6, 6.07) is 12.7. The molecule has 1 unspecified atom stereocenters. The fourth-order valence-corrected chi connectivity index (χ4v) is 3.48. The largest absolute Gasteiger partial charge is 0.344 e. The Kier molecular flexibility index (Phi) is 4.88. The highest BCUT2D eigenvalue weighted by molar-refractivity contribution is 5.94. The van der Waals surface area contributed by atoms with Gasteiger partial charge in [0.1, 0.15) is 5.52 Å². The van der Waals surface area contributed by atoms with E-state index in [2.05, 4.69) is 29.2 Å². The zero-order chi connectivity index (χ0) is 20.5. The van der Waals surface area contributed by atoms with Crippen LogP contribution in [0.2, 0.25) is 0 Å². The molecule has 7 heteroatoms. The van der Waals surface area contributed by atoms with Gasteiger partial charge in [-0.1, -0.05) is 32.0 Å². The number of aromatic nitrogens is 4. The van der Waals surface area contributed by atoms with Crippen LogP contribution in [0.3, 0.4) is 0 Å². The number of hydrogen-bond acceptors (Lipinski definition) is 4. The zero-order valence-corrected chi connectivity index (χ0v) is 16.7. The lowest BCUT2D eigenvalue weighted by atomic mass is 10.1. The van der Waals surface area contributed by atoms with E-state index >= 15 is 0 Å². The molecule has 0 aliphatic rings. The van der Waals surface area contributed by atoms with Gasteiger partial charge >= 0.3 is 0 Å². The lowest BCUT2D eigenvalue weighted by Crippen LogP contribution is -2.27. The van der Waals surface area contributed by atoms with Crippen molar-refractivity contribution in [2.24, 2.45) is 5.92 Å². The molecule has 148 valence electrons. The molecule has 1 amide bonds. The second kappa shape index (κ2) is 7.50. The number of rotatable bonds is 5. The number of amides is 1. The molecule has 3 aromatic heterocycles. The third-order valence-corrected chi connectivity index (χ3v) is 4.89. The molecule has 1 atom stereocenters. The minimum atomic E-state index is -0.330. The predicted octanol–water partition coefficient (Wildman–Crippen LogP) is 3.19. The monoisotopic (exact) mass is 389 g/mol. The van der Waals surface area contributed by atoms with Gasteiger partial charge in [-0.3, -0.25) is 14.6 Å². The van der Waals surface area contributed by atoms with Crippen LogP contribution in [0.1, 0.15) is 42.9 Å². The highest BCUT2D eigenvalue weighted by Crippen LogP contribution is 2.17. The van der Waals surface area contributed by atoms with Crippen molar-refractivity contribution in [3.63, 3.8) is 0 Å². The molecule has 0 bridgehead atoms. The Balaban J connectivity index is 1.78. The van der Waals surface area contributed by atoms with Crippen LogP contribution in [-0.4, -0.2) is 25.1 Å². The lowest BCUT2D eigenvalue weighted by molar-refractivity contribution is 0.0934. The Morgan fingerprint density at radius 2 is 1.83 bits per heavy atom. The molecule has 3 heterocycles. The van der Waals surface area contributed by atoms with Gasteiger partial charge in [-0.2, -0.15) is 5.10 Å². The SMILES string of the molecule is CC(C)Cn1c(=O)c2cc(C(=O)NC(C)c3cccnc3)nn2c2ccccc21. The van der Waals surface area contributed by atoms with E-state index in [0.29, 0.717) is 18.0 Å². The molecular weight excluding hydrogens is 366 g/mol. The molecule has 0 aliphatic heterocycles. The molecular formula is C22H23N5O2. The van der Waals surface area contributed by atoms with Crippen LogP contribution < -0.4 is 10.9 Å². The molecule has 1 N–H and O–H groups in total. The van der Waals surface area contributed by atoms with Crippen LogP contribution in [0.25, 0.3) is 16.6 Å². The molecule has 0 fully saturated rings. The molecule has 0 radical (unpaired) electrons. The number of para-hydroxylation sites is 2. The number of pyridine rings is 1. The van der Waals surface area contributed by atoms with Gasteiger partial charge < -0.3 is 9.88 Å². The van der Waals surface area contributed by atoms with Crippen molar-refractivity contribution in [2.45, 2.75) is 33.4 Å². The molecule has 0 saturated heterocycles. The van der Waals surface area contributed by atoms with Crippen LogP contribution in [0.5, 0.6) is 0 Å². The van der Waals surface area contributed by atoms with E-state index in [1.54, 1.807) is 27.5 Å². The van der Waals surface area contributed by atoms with E-state index in [9.17, 15) is 9.59 Å². The quantitative estimate of drug-likeness (QED) is 0.568.